The van der Waals surface area contributed by atoms with Gasteiger partial charge >= 0.3 is 6.18 Å². The molecule has 0 aliphatic carbocycles. The van der Waals surface area contributed by atoms with E-state index in [-0.39, 0.29) is 48.6 Å². The van der Waals surface area contributed by atoms with Gasteiger partial charge in [0.1, 0.15) is 18.5 Å². The minimum Gasteiger partial charge on any atom is -0.372 e. The van der Waals surface area contributed by atoms with E-state index in [4.69, 9.17) is 4.74 Å². The molecule has 1 aliphatic rings. The first-order chi connectivity index (χ1) is 13.3. The van der Waals surface area contributed by atoms with Gasteiger partial charge in [-0.3, -0.25) is 4.99 Å². The van der Waals surface area contributed by atoms with Crippen LogP contribution in [0.2, 0.25) is 0 Å². The molecule has 2 unspecified atom stereocenters. The van der Waals surface area contributed by atoms with Gasteiger partial charge in [-0.05, 0) is 38.0 Å². The Bertz CT molecular complexity index is 629. The molecular formula is C19H28F4IN3O2. The number of nitrogens with zero attached hydrogens (tertiary/aromatic N) is 2. The number of rotatable bonds is 7. The first-order valence-corrected chi connectivity index (χ1v) is 9.37. The van der Waals surface area contributed by atoms with Crippen molar-refractivity contribution < 1.29 is 27.0 Å². The van der Waals surface area contributed by atoms with Gasteiger partial charge < -0.3 is 19.7 Å². The zero-order chi connectivity index (χ0) is 20.6. The Balaban J connectivity index is 0.00000420. The molecule has 5 nitrogen and oxygen atoms in total. The van der Waals surface area contributed by atoms with Crippen molar-refractivity contribution in [1.29, 1.82) is 0 Å². The molecule has 1 saturated heterocycles. The quantitative estimate of drug-likeness (QED) is 0.188. The van der Waals surface area contributed by atoms with E-state index in [1.165, 1.54) is 12.1 Å². The van der Waals surface area contributed by atoms with Crippen LogP contribution in [0.3, 0.4) is 0 Å². The molecule has 1 aliphatic heterocycles. The molecule has 0 spiro atoms. The highest BCUT2D eigenvalue weighted by atomic mass is 127. The zero-order valence-electron chi connectivity index (χ0n) is 16.5. The fraction of sp³-hybridized carbons (Fsp3) is 0.632. The first kappa shape index (κ1) is 25.9. The van der Waals surface area contributed by atoms with Crippen LogP contribution in [-0.4, -0.2) is 62.5 Å². The number of ether oxygens (including phenoxy) is 2. The number of aliphatic imine (C=N–C) groups is 1. The summed E-state index contributed by atoms with van der Waals surface area (Å²) in [5, 5.41) is 3.21. The predicted octanol–water partition coefficient (Wildman–Crippen LogP) is 4.14. The molecule has 0 amide bonds. The zero-order valence-corrected chi connectivity index (χ0v) is 18.9. The first-order valence-electron chi connectivity index (χ1n) is 9.37. The van der Waals surface area contributed by atoms with Crippen LogP contribution in [0.1, 0.15) is 31.9 Å². The summed E-state index contributed by atoms with van der Waals surface area (Å²) in [6.45, 7) is 4.86. The van der Waals surface area contributed by atoms with Crippen molar-refractivity contribution in [3.63, 3.8) is 0 Å². The number of alkyl halides is 3. The fourth-order valence-corrected chi connectivity index (χ4v) is 2.95. The highest BCUT2D eigenvalue weighted by molar-refractivity contribution is 14.0. The van der Waals surface area contributed by atoms with E-state index < -0.39 is 12.8 Å². The lowest BCUT2D eigenvalue weighted by Crippen LogP contribution is -2.50. The van der Waals surface area contributed by atoms with Crippen molar-refractivity contribution >= 4 is 29.9 Å². The average Bonchev–Trinajstić information content (AvgIpc) is 2.62. The molecule has 1 N–H and O–H groups in total. The van der Waals surface area contributed by atoms with E-state index in [9.17, 15) is 17.6 Å². The van der Waals surface area contributed by atoms with Crippen molar-refractivity contribution in [2.24, 2.45) is 4.99 Å². The largest absolute Gasteiger partial charge is 0.411 e. The Morgan fingerprint density at radius 1 is 1.28 bits per heavy atom. The highest BCUT2D eigenvalue weighted by Gasteiger charge is 2.29. The SMILES string of the molecule is CCNC(=NCCCOCC(F)(F)F)N1CC(C)OC(c2ccc(F)cc2)C1.I. The lowest BCUT2D eigenvalue weighted by atomic mass is 10.1. The van der Waals surface area contributed by atoms with Gasteiger partial charge in [0, 0.05) is 26.2 Å². The summed E-state index contributed by atoms with van der Waals surface area (Å²) in [6, 6.07) is 6.22. The fourth-order valence-electron chi connectivity index (χ4n) is 2.95. The molecule has 166 valence electrons. The molecule has 0 radical (unpaired) electrons. The summed E-state index contributed by atoms with van der Waals surface area (Å²) in [7, 11) is 0. The molecule has 1 fully saturated rings. The summed E-state index contributed by atoms with van der Waals surface area (Å²) < 4.78 is 60.0. The summed E-state index contributed by atoms with van der Waals surface area (Å²) >= 11 is 0. The molecule has 10 heteroatoms. The molecule has 0 aromatic heterocycles. The second kappa shape index (κ2) is 12.5. The van der Waals surface area contributed by atoms with Crippen molar-refractivity contribution in [3.8, 4) is 0 Å². The molecule has 2 rings (SSSR count). The van der Waals surface area contributed by atoms with Gasteiger partial charge in [-0.15, -0.1) is 24.0 Å². The van der Waals surface area contributed by atoms with Crippen LogP contribution in [0.4, 0.5) is 17.6 Å². The Morgan fingerprint density at radius 2 is 1.97 bits per heavy atom. The molecule has 1 aromatic carbocycles. The normalized spacial score (nSPS) is 20.3. The number of benzene rings is 1. The third kappa shape index (κ3) is 9.47. The Hall–Kier alpha value is -1.14. The van der Waals surface area contributed by atoms with Crippen LogP contribution < -0.4 is 5.32 Å². The third-order valence-corrected chi connectivity index (χ3v) is 4.11. The van der Waals surface area contributed by atoms with Crippen molar-refractivity contribution in [2.45, 2.75) is 38.7 Å². The van der Waals surface area contributed by atoms with E-state index in [1.807, 2.05) is 13.8 Å². The van der Waals surface area contributed by atoms with Crippen LogP contribution in [-0.2, 0) is 9.47 Å². The van der Waals surface area contributed by atoms with E-state index in [0.717, 1.165) is 5.56 Å². The van der Waals surface area contributed by atoms with Gasteiger partial charge in [0.2, 0.25) is 0 Å². The van der Waals surface area contributed by atoms with Gasteiger partial charge in [-0.25, -0.2) is 4.39 Å². The Kier molecular flexibility index (Phi) is 11.2. The minimum atomic E-state index is -4.31. The van der Waals surface area contributed by atoms with E-state index in [2.05, 4.69) is 19.9 Å². The second-order valence-corrected chi connectivity index (χ2v) is 6.65. The van der Waals surface area contributed by atoms with Gasteiger partial charge in [0.25, 0.3) is 0 Å². The molecule has 1 aromatic rings. The lowest BCUT2D eigenvalue weighted by Gasteiger charge is -2.38. The summed E-state index contributed by atoms with van der Waals surface area (Å²) in [6.07, 6.45) is -4.19. The number of hydrogen-bond donors (Lipinski definition) is 1. The standard InChI is InChI=1S/C19H27F4N3O2.HI/c1-3-24-18(25-9-4-10-27-13-19(21,22)23)26-11-14(2)28-17(12-26)15-5-7-16(20)8-6-15;/h5-8,14,17H,3-4,9-13H2,1-2H3,(H,24,25);1H. The van der Waals surface area contributed by atoms with Gasteiger partial charge in [-0.1, -0.05) is 12.1 Å². The van der Waals surface area contributed by atoms with Crippen LogP contribution in [0.15, 0.2) is 29.3 Å². The number of halogens is 5. The second-order valence-electron chi connectivity index (χ2n) is 6.65. The van der Waals surface area contributed by atoms with Crippen molar-refractivity contribution in [2.75, 3.05) is 39.4 Å². The number of nitrogens with one attached hydrogen (secondary N) is 1. The van der Waals surface area contributed by atoms with E-state index in [0.29, 0.717) is 38.6 Å². The van der Waals surface area contributed by atoms with E-state index in [1.54, 1.807) is 12.1 Å². The maximum absolute atomic E-state index is 13.2. The lowest BCUT2D eigenvalue weighted by molar-refractivity contribution is -0.173. The molecule has 0 saturated carbocycles. The van der Waals surface area contributed by atoms with Crippen LogP contribution in [0.5, 0.6) is 0 Å². The highest BCUT2D eigenvalue weighted by Crippen LogP contribution is 2.25. The van der Waals surface area contributed by atoms with Crippen molar-refractivity contribution in [1.82, 2.24) is 10.2 Å². The molecule has 29 heavy (non-hydrogen) atoms. The number of guanidine groups is 1. The maximum atomic E-state index is 13.2. The number of hydrogen-bond acceptors (Lipinski definition) is 3. The van der Waals surface area contributed by atoms with E-state index >= 15 is 0 Å². The third-order valence-electron chi connectivity index (χ3n) is 4.11. The summed E-state index contributed by atoms with van der Waals surface area (Å²) in [4.78, 5) is 6.56. The van der Waals surface area contributed by atoms with Gasteiger partial charge in [-0.2, -0.15) is 13.2 Å². The summed E-state index contributed by atoms with van der Waals surface area (Å²) in [5.41, 5.74) is 0.884. The van der Waals surface area contributed by atoms with Crippen LogP contribution in [0, 0.1) is 5.82 Å². The van der Waals surface area contributed by atoms with Gasteiger partial charge in [0.05, 0.1) is 12.6 Å². The summed E-state index contributed by atoms with van der Waals surface area (Å²) in [5.74, 6) is 0.382. The topological polar surface area (TPSA) is 46.1 Å². The Labute approximate surface area is 185 Å². The molecule has 0 bridgehead atoms. The van der Waals surface area contributed by atoms with Crippen LogP contribution >= 0.6 is 24.0 Å². The molecular weight excluding hydrogens is 505 g/mol. The van der Waals surface area contributed by atoms with Crippen molar-refractivity contribution in [3.05, 3.63) is 35.6 Å². The van der Waals surface area contributed by atoms with Gasteiger partial charge in [0.15, 0.2) is 5.96 Å². The monoisotopic (exact) mass is 533 g/mol. The Morgan fingerprint density at radius 3 is 2.59 bits per heavy atom. The average molecular weight is 533 g/mol. The molecule has 1 heterocycles. The maximum Gasteiger partial charge on any atom is 0.411 e. The smallest absolute Gasteiger partial charge is 0.372 e. The number of morpholine rings is 1. The minimum absolute atomic E-state index is 0. The predicted molar refractivity (Wildman–Crippen MR) is 114 cm³/mol. The van der Waals surface area contributed by atoms with Crippen LogP contribution in [0.25, 0.3) is 0 Å². The molecule has 2 atom stereocenters.